The minimum Gasteiger partial charge on any atom is -0.370 e. The van der Waals surface area contributed by atoms with Crippen molar-refractivity contribution in [3.05, 3.63) is 0 Å². The second-order valence-electron chi connectivity index (χ2n) is 6.63. The lowest BCUT2D eigenvalue weighted by molar-refractivity contribution is 0.304. The maximum Gasteiger partial charge on any atom is 0.188 e. The van der Waals surface area contributed by atoms with Crippen molar-refractivity contribution in [2.75, 3.05) is 37.7 Å². The highest BCUT2D eigenvalue weighted by Gasteiger charge is 2.20. The molecule has 1 atom stereocenters. The van der Waals surface area contributed by atoms with Crippen LogP contribution in [0.3, 0.4) is 0 Å². The number of aliphatic imine (C=N–C) groups is 1. The number of rotatable bonds is 8. The van der Waals surface area contributed by atoms with Gasteiger partial charge in [-0.2, -0.15) is 0 Å². The van der Waals surface area contributed by atoms with Gasteiger partial charge in [-0.05, 0) is 19.3 Å². The summed E-state index contributed by atoms with van der Waals surface area (Å²) in [5, 5.41) is 3.22. The van der Waals surface area contributed by atoms with Crippen LogP contribution in [-0.4, -0.2) is 63.0 Å². The summed E-state index contributed by atoms with van der Waals surface area (Å²) in [7, 11) is -2.80. The van der Waals surface area contributed by atoms with E-state index in [1.54, 1.807) is 0 Å². The third-order valence-corrected chi connectivity index (χ3v) is 5.56. The topological polar surface area (TPSA) is 87.8 Å². The van der Waals surface area contributed by atoms with Crippen molar-refractivity contribution in [3.63, 3.8) is 0 Å². The molecular formula is C15H33IN4O2S. The Bertz CT molecular complexity index is 440. The zero-order chi connectivity index (χ0) is 16.6. The second kappa shape index (κ2) is 11.5. The Morgan fingerprint density at radius 3 is 2.39 bits per heavy atom. The first-order valence-corrected chi connectivity index (χ1v) is 10.1. The molecule has 23 heavy (non-hydrogen) atoms. The largest absolute Gasteiger partial charge is 0.370 e. The number of guanidine groups is 1. The van der Waals surface area contributed by atoms with Crippen LogP contribution < -0.4 is 11.1 Å². The van der Waals surface area contributed by atoms with Gasteiger partial charge in [0.2, 0.25) is 0 Å². The number of nitrogens with one attached hydrogen (secondary N) is 1. The third-order valence-electron chi connectivity index (χ3n) is 3.95. The number of nitrogens with zero attached hydrogens (tertiary/aromatic N) is 2. The summed E-state index contributed by atoms with van der Waals surface area (Å²) >= 11 is 0. The van der Waals surface area contributed by atoms with E-state index in [-0.39, 0.29) is 35.5 Å². The summed E-state index contributed by atoms with van der Waals surface area (Å²) in [6.45, 7) is 9.18. The van der Waals surface area contributed by atoms with Gasteiger partial charge in [0.15, 0.2) is 15.8 Å². The molecule has 1 saturated heterocycles. The minimum atomic E-state index is -2.80. The quantitative estimate of drug-likeness (QED) is 0.325. The van der Waals surface area contributed by atoms with E-state index in [0.717, 1.165) is 18.9 Å². The molecule has 8 heteroatoms. The first kappa shape index (κ1) is 22.9. The Hall–Kier alpha value is -0.0900. The fourth-order valence-electron chi connectivity index (χ4n) is 2.49. The van der Waals surface area contributed by atoms with E-state index < -0.39 is 9.84 Å². The van der Waals surface area contributed by atoms with Gasteiger partial charge in [0.05, 0.1) is 18.1 Å². The molecule has 1 rings (SSSR count). The molecule has 0 aromatic rings. The highest BCUT2D eigenvalue weighted by atomic mass is 127. The van der Waals surface area contributed by atoms with Gasteiger partial charge in [-0.1, -0.05) is 26.7 Å². The fraction of sp³-hybridized carbons (Fsp3) is 0.933. The molecule has 0 spiro atoms. The molecule has 0 aromatic heterocycles. The Kier molecular flexibility index (Phi) is 11.4. The van der Waals surface area contributed by atoms with Gasteiger partial charge in [0.25, 0.3) is 0 Å². The predicted octanol–water partition coefficient (Wildman–Crippen LogP) is 1.45. The molecule has 1 heterocycles. The summed E-state index contributed by atoms with van der Waals surface area (Å²) in [6, 6.07) is 0.336. The Balaban J connectivity index is 0.00000484. The molecule has 1 unspecified atom stereocenters. The van der Waals surface area contributed by atoms with Crippen LogP contribution in [0.2, 0.25) is 0 Å². The monoisotopic (exact) mass is 460 g/mol. The highest BCUT2D eigenvalue weighted by Crippen LogP contribution is 2.08. The Morgan fingerprint density at radius 1 is 1.22 bits per heavy atom. The number of nitrogens with two attached hydrogens (primary N) is 1. The van der Waals surface area contributed by atoms with Gasteiger partial charge in [0.1, 0.15) is 0 Å². The SMILES string of the molecule is CC(C)CCCC(C)NC(N)=NCCN1CCS(=O)(=O)CC1.I. The van der Waals surface area contributed by atoms with E-state index in [4.69, 9.17) is 5.73 Å². The van der Waals surface area contributed by atoms with Gasteiger partial charge in [-0.15, -0.1) is 24.0 Å². The van der Waals surface area contributed by atoms with Gasteiger partial charge in [0, 0.05) is 25.7 Å². The zero-order valence-electron chi connectivity index (χ0n) is 14.6. The van der Waals surface area contributed by atoms with Gasteiger partial charge < -0.3 is 11.1 Å². The molecule has 0 amide bonds. The van der Waals surface area contributed by atoms with E-state index in [9.17, 15) is 8.42 Å². The fourth-order valence-corrected chi connectivity index (χ4v) is 3.77. The average Bonchev–Trinajstić information content (AvgIpc) is 2.40. The number of hydrogen-bond acceptors (Lipinski definition) is 4. The van der Waals surface area contributed by atoms with Gasteiger partial charge >= 0.3 is 0 Å². The van der Waals surface area contributed by atoms with Crippen molar-refractivity contribution in [1.82, 2.24) is 10.2 Å². The van der Waals surface area contributed by atoms with Crippen molar-refractivity contribution in [1.29, 1.82) is 0 Å². The van der Waals surface area contributed by atoms with Crippen molar-refractivity contribution >= 4 is 39.8 Å². The molecule has 138 valence electrons. The maximum absolute atomic E-state index is 11.3. The van der Waals surface area contributed by atoms with Gasteiger partial charge in [-0.3, -0.25) is 9.89 Å². The van der Waals surface area contributed by atoms with E-state index in [1.165, 1.54) is 12.8 Å². The molecule has 0 saturated carbocycles. The summed E-state index contributed by atoms with van der Waals surface area (Å²) in [5.41, 5.74) is 5.89. The van der Waals surface area contributed by atoms with Crippen LogP contribution in [0.15, 0.2) is 4.99 Å². The molecule has 1 aliphatic heterocycles. The van der Waals surface area contributed by atoms with Crippen LogP contribution in [0, 0.1) is 5.92 Å². The first-order valence-electron chi connectivity index (χ1n) is 8.28. The van der Waals surface area contributed by atoms with Crippen LogP contribution in [-0.2, 0) is 9.84 Å². The van der Waals surface area contributed by atoms with Crippen LogP contribution >= 0.6 is 24.0 Å². The molecule has 6 nitrogen and oxygen atoms in total. The molecule has 3 N–H and O–H groups in total. The number of sulfone groups is 1. The zero-order valence-corrected chi connectivity index (χ0v) is 17.8. The lowest BCUT2D eigenvalue weighted by Crippen LogP contribution is -2.42. The minimum absolute atomic E-state index is 0. The average molecular weight is 460 g/mol. The molecule has 1 fully saturated rings. The first-order chi connectivity index (χ1) is 10.3. The van der Waals surface area contributed by atoms with Crippen molar-refractivity contribution < 1.29 is 8.42 Å². The molecular weight excluding hydrogens is 427 g/mol. The predicted molar refractivity (Wildman–Crippen MR) is 108 cm³/mol. The van der Waals surface area contributed by atoms with Gasteiger partial charge in [-0.25, -0.2) is 8.42 Å². The maximum atomic E-state index is 11.3. The summed E-state index contributed by atoms with van der Waals surface area (Å²) in [6.07, 6.45) is 3.53. The smallest absolute Gasteiger partial charge is 0.188 e. The van der Waals surface area contributed by atoms with Crippen molar-refractivity contribution in [3.8, 4) is 0 Å². The summed E-state index contributed by atoms with van der Waals surface area (Å²) < 4.78 is 22.7. The highest BCUT2D eigenvalue weighted by molar-refractivity contribution is 14.0. The Labute approximate surface area is 158 Å². The van der Waals surface area contributed by atoms with Crippen LogP contribution in [0.4, 0.5) is 0 Å². The van der Waals surface area contributed by atoms with Crippen molar-refractivity contribution in [2.24, 2.45) is 16.6 Å². The molecule has 0 aromatic carbocycles. The second-order valence-corrected chi connectivity index (χ2v) is 8.93. The standard InChI is InChI=1S/C15H32N4O2S.HI/c1-13(2)5-4-6-14(3)18-15(16)17-7-8-19-9-11-22(20,21)12-10-19;/h13-14H,4-12H2,1-3H3,(H3,16,17,18);1H. The molecule has 0 aliphatic carbocycles. The summed E-state index contributed by atoms with van der Waals surface area (Å²) in [5.74, 6) is 1.75. The lowest BCUT2D eigenvalue weighted by atomic mass is 10.0. The van der Waals surface area contributed by atoms with E-state index in [1.807, 2.05) is 0 Å². The lowest BCUT2D eigenvalue weighted by Gasteiger charge is -2.25. The third kappa shape index (κ3) is 11.1. The van der Waals surface area contributed by atoms with Crippen molar-refractivity contribution in [2.45, 2.75) is 46.1 Å². The summed E-state index contributed by atoms with van der Waals surface area (Å²) in [4.78, 5) is 6.46. The van der Waals surface area contributed by atoms with E-state index in [2.05, 4.69) is 36.0 Å². The molecule has 1 aliphatic rings. The van der Waals surface area contributed by atoms with E-state index in [0.29, 0.717) is 31.6 Å². The number of halogens is 1. The van der Waals surface area contributed by atoms with Crippen LogP contribution in [0.25, 0.3) is 0 Å². The Morgan fingerprint density at radius 2 is 1.83 bits per heavy atom. The molecule has 0 radical (unpaired) electrons. The normalized spacial score (nSPS) is 20.1. The van der Waals surface area contributed by atoms with E-state index >= 15 is 0 Å². The number of hydrogen-bond donors (Lipinski definition) is 2. The van der Waals surface area contributed by atoms with Crippen LogP contribution in [0.1, 0.15) is 40.0 Å². The molecule has 0 bridgehead atoms. The van der Waals surface area contributed by atoms with Crippen LogP contribution in [0.5, 0.6) is 0 Å².